The maximum Gasteiger partial charge on any atom is 2.00 e. The molecule has 0 radical (unpaired) electrons. The van der Waals surface area contributed by atoms with E-state index in [0.717, 1.165) is 0 Å². The molecule has 1 aromatic carbocycles. The molecule has 0 spiro atoms. The van der Waals surface area contributed by atoms with E-state index in [1.165, 1.54) is 6.07 Å². The van der Waals surface area contributed by atoms with Crippen molar-refractivity contribution >= 4 is 18.9 Å². The molecule has 0 aliphatic rings. The van der Waals surface area contributed by atoms with E-state index in [9.17, 15) is 4.79 Å². The first kappa shape index (κ1) is 10.7. The molecule has 4 heteroatoms. The number of aromatic hydroxyl groups is 1. The fourth-order valence-corrected chi connectivity index (χ4v) is 0.753. The summed E-state index contributed by atoms with van der Waals surface area (Å²) in [6, 6.07) is 4.53. The van der Waals surface area contributed by atoms with Crippen molar-refractivity contribution in [3.05, 3.63) is 23.8 Å². The fourth-order valence-electron chi connectivity index (χ4n) is 0.614. The maximum atomic E-state index is 10.1. The second-order valence-electron chi connectivity index (χ2n) is 1.87. The van der Waals surface area contributed by atoms with Crippen LogP contribution in [0.4, 0.5) is 0 Å². The first-order chi connectivity index (χ1) is 4.74. The van der Waals surface area contributed by atoms with Gasteiger partial charge in [-0.25, -0.2) is 0 Å². The van der Waals surface area contributed by atoms with Crippen molar-refractivity contribution in [3.63, 3.8) is 0 Å². The molecule has 0 aliphatic carbocycles. The number of hydrogen-bond donors (Lipinski definition) is 2. The van der Waals surface area contributed by atoms with Gasteiger partial charge >= 0.3 is 19.5 Å². The van der Waals surface area contributed by atoms with E-state index < -0.39 is 0 Å². The average molecular weight is 220 g/mol. The number of phenols is 1. The Kier molecular flexibility index (Phi) is 4.38. The zero-order valence-electron chi connectivity index (χ0n) is 5.82. The third kappa shape index (κ3) is 2.64. The quantitative estimate of drug-likeness (QED) is 0.427. The number of benzene rings is 1. The van der Waals surface area contributed by atoms with Crippen LogP contribution in [0.1, 0.15) is 10.4 Å². The Bertz CT molecular complexity index is 263. The van der Waals surface area contributed by atoms with Crippen LogP contribution in [-0.4, -0.2) is 11.4 Å². The van der Waals surface area contributed by atoms with Crippen molar-refractivity contribution in [2.45, 2.75) is 4.90 Å². The SMILES string of the molecule is O=Cc1ccc(S)c(O)c1.[Zn+2]. The summed E-state index contributed by atoms with van der Waals surface area (Å²) in [5.74, 6) is 0.0351. The number of rotatable bonds is 1. The Labute approximate surface area is 82.8 Å². The number of carbonyl (C=O) groups is 1. The molecule has 0 aliphatic heterocycles. The van der Waals surface area contributed by atoms with Gasteiger partial charge in [0.2, 0.25) is 0 Å². The van der Waals surface area contributed by atoms with E-state index in [1.807, 2.05) is 0 Å². The summed E-state index contributed by atoms with van der Waals surface area (Å²) in [6.45, 7) is 0. The van der Waals surface area contributed by atoms with Crippen LogP contribution in [-0.2, 0) is 19.5 Å². The summed E-state index contributed by atoms with van der Waals surface area (Å²) >= 11 is 3.92. The monoisotopic (exact) mass is 218 g/mol. The zero-order valence-corrected chi connectivity index (χ0v) is 9.68. The molecular weight excluding hydrogens is 214 g/mol. The average Bonchev–Trinajstić information content (AvgIpc) is 1.95. The van der Waals surface area contributed by atoms with Gasteiger partial charge < -0.3 is 5.11 Å². The fraction of sp³-hybridized carbons (Fsp3) is 0. The molecule has 0 unspecified atom stereocenters. The molecule has 0 atom stereocenters. The van der Waals surface area contributed by atoms with E-state index >= 15 is 0 Å². The van der Waals surface area contributed by atoms with Crippen LogP contribution in [0.3, 0.4) is 0 Å². The molecule has 1 rings (SSSR count). The molecule has 1 aromatic rings. The van der Waals surface area contributed by atoms with Crippen LogP contribution in [0.2, 0.25) is 0 Å². The van der Waals surface area contributed by atoms with Crippen LogP contribution in [0.5, 0.6) is 5.75 Å². The number of thiol groups is 1. The molecule has 2 nitrogen and oxygen atoms in total. The van der Waals surface area contributed by atoms with Crippen molar-refractivity contribution in [2.75, 3.05) is 0 Å². The standard InChI is InChI=1S/C7H6O2S.Zn/c8-4-5-1-2-7(10)6(9)3-5;/h1-4,9-10H;/q;+2. The predicted octanol–water partition coefficient (Wildman–Crippen LogP) is 1.49. The molecule has 11 heavy (non-hydrogen) atoms. The Morgan fingerprint density at radius 2 is 2.09 bits per heavy atom. The largest absolute Gasteiger partial charge is 2.00 e. The van der Waals surface area contributed by atoms with Gasteiger partial charge in [0.15, 0.2) is 0 Å². The van der Waals surface area contributed by atoms with E-state index in [1.54, 1.807) is 12.1 Å². The van der Waals surface area contributed by atoms with Crippen molar-refractivity contribution in [1.82, 2.24) is 0 Å². The van der Waals surface area contributed by atoms with Gasteiger partial charge in [-0.05, 0) is 12.1 Å². The normalized spacial score (nSPS) is 8.45. The van der Waals surface area contributed by atoms with Gasteiger partial charge in [-0.2, -0.15) is 0 Å². The molecule has 52 valence electrons. The van der Waals surface area contributed by atoms with E-state index in [2.05, 4.69) is 12.6 Å². The van der Waals surface area contributed by atoms with Gasteiger partial charge in [0.25, 0.3) is 0 Å². The van der Waals surface area contributed by atoms with Gasteiger partial charge in [0.05, 0.1) is 0 Å². The predicted molar refractivity (Wildman–Crippen MR) is 40.7 cm³/mol. The Morgan fingerprint density at radius 3 is 2.55 bits per heavy atom. The van der Waals surface area contributed by atoms with Gasteiger partial charge in [-0.3, -0.25) is 4.79 Å². The molecule has 1 N–H and O–H groups in total. The second-order valence-corrected chi connectivity index (χ2v) is 2.35. The molecule has 0 amide bonds. The Hall–Kier alpha value is -0.337. The van der Waals surface area contributed by atoms with Crippen molar-refractivity contribution < 1.29 is 29.4 Å². The maximum absolute atomic E-state index is 10.1. The summed E-state index contributed by atoms with van der Waals surface area (Å²) in [5.41, 5.74) is 0.454. The summed E-state index contributed by atoms with van der Waals surface area (Å²) in [4.78, 5) is 10.6. The van der Waals surface area contributed by atoms with Crippen LogP contribution < -0.4 is 0 Å². The van der Waals surface area contributed by atoms with Crippen LogP contribution >= 0.6 is 12.6 Å². The minimum absolute atomic E-state index is 0. The number of hydrogen-bond acceptors (Lipinski definition) is 3. The molecule has 0 saturated heterocycles. The van der Waals surface area contributed by atoms with E-state index in [0.29, 0.717) is 16.7 Å². The summed E-state index contributed by atoms with van der Waals surface area (Å²) in [6.07, 6.45) is 0.674. The molecule has 0 aromatic heterocycles. The van der Waals surface area contributed by atoms with Gasteiger partial charge in [-0.15, -0.1) is 12.6 Å². The number of carbonyl (C=O) groups excluding carboxylic acids is 1. The second kappa shape index (κ2) is 4.52. The minimum Gasteiger partial charge on any atom is -0.507 e. The van der Waals surface area contributed by atoms with Gasteiger partial charge in [0.1, 0.15) is 12.0 Å². The molecular formula is C7H6O2SZn+2. The Balaban J connectivity index is 0.000001000. The van der Waals surface area contributed by atoms with Crippen molar-refractivity contribution in [1.29, 1.82) is 0 Å². The summed E-state index contributed by atoms with van der Waals surface area (Å²) in [5, 5.41) is 9.00. The van der Waals surface area contributed by atoms with E-state index in [-0.39, 0.29) is 25.2 Å². The van der Waals surface area contributed by atoms with Crippen LogP contribution in [0.25, 0.3) is 0 Å². The molecule has 0 bridgehead atoms. The van der Waals surface area contributed by atoms with Crippen LogP contribution in [0.15, 0.2) is 23.1 Å². The van der Waals surface area contributed by atoms with Crippen LogP contribution in [0, 0.1) is 0 Å². The van der Waals surface area contributed by atoms with E-state index in [4.69, 9.17) is 5.11 Å². The third-order valence-corrected chi connectivity index (χ3v) is 1.51. The topological polar surface area (TPSA) is 37.3 Å². The summed E-state index contributed by atoms with van der Waals surface area (Å²) < 4.78 is 0. The van der Waals surface area contributed by atoms with Crippen molar-refractivity contribution in [2.24, 2.45) is 0 Å². The summed E-state index contributed by atoms with van der Waals surface area (Å²) in [7, 11) is 0. The first-order valence-corrected chi connectivity index (χ1v) is 3.16. The molecule has 0 fully saturated rings. The zero-order chi connectivity index (χ0) is 7.56. The van der Waals surface area contributed by atoms with Crippen molar-refractivity contribution in [3.8, 4) is 5.75 Å². The number of aldehydes is 1. The molecule has 0 heterocycles. The van der Waals surface area contributed by atoms with Gasteiger partial charge in [0, 0.05) is 10.5 Å². The third-order valence-electron chi connectivity index (χ3n) is 1.14. The molecule has 0 saturated carbocycles. The smallest absolute Gasteiger partial charge is 0.507 e. The first-order valence-electron chi connectivity index (χ1n) is 2.71. The minimum atomic E-state index is 0. The number of phenolic OH excluding ortho intramolecular Hbond substituents is 1. The van der Waals surface area contributed by atoms with Gasteiger partial charge in [-0.1, -0.05) is 6.07 Å². The Morgan fingerprint density at radius 1 is 1.45 bits per heavy atom.